The molecule has 34 heavy (non-hydrogen) atoms. The van der Waals surface area contributed by atoms with E-state index in [-0.39, 0.29) is 12.5 Å². The van der Waals surface area contributed by atoms with Crippen LogP contribution in [0.25, 0.3) is 15.9 Å². The second-order valence-electron chi connectivity index (χ2n) is 8.75. The zero-order chi connectivity index (χ0) is 23.5. The van der Waals surface area contributed by atoms with Crippen LogP contribution in [0.2, 0.25) is 0 Å². The maximum atomic E-state index is 12.7. The summed E-state index contributed by atoms with van der Waals surface area (Å²) in [7, 11) is 0. The third-order valence-corrected chi connectivity index (χ3v) is 7.50. The first-order chi connectivity index (χ1) is 16.6. The maximum absolute atomic E-state index is 12.7. The van der Waals surface area contributed by atoms with Gasteiger partial charge in [-0.05, 0) is 55.9 Å². The molecule has 1 aliphatic heterocycles. The molecule has 6 nitrogen and oxygen atoms in total. The molecule has 0 unspecified atom stereocenters. The van der Waals surface area contributed by atoms with E-state index in [1.807, 2.05) is 59.0 Å². The fraction of sp³-hybridized carbons (Fsp3) is 0.296. The highest BCUT2D eigenvalue weighted by atomic mass is 32.1. The van der Waals surface area contributed by atoms with Gasteiger partial charge in [-0.15, -0.1) is 11.3 Å². The summed E-state index contributed by atoms with van der Waals surface area (Å²) in [5.74, 6) is -0.00763. The van der Waals surface area contributed by atoms with Gasteiger partial charge in [-0.3, -0.25) is 4.79 Å². The topological polar surface area (TPSA) is 64.4 Å². The molecule has 5 rings (SSSR count). The van der Waals surface area contributed by atoms with Gasteiger partial charge >= 0.3 is 5.97 Å². The van der Waals surface area contributed by atoms with Crippen LogP contribution in [0.4, 0.5) is 0 Å². The summed E-state index contributed by atoms with van der Waals surface area (Å²) in [5, 5.41) is 5.53. The van der Waals surface area contributed by atoms with Crippen LogP contribution >= 0.6 is 11.3 Å². The molecule has 2 aromatic heterocycles. The summed E-state index contributed by atoms with van der Waals surface area (Å²) in [5.41, 5.74) is 3.13. The molecule has 0 bridgehead atoms. The van der Waals surface area contributed by atoms with Gasteiger partial charge in [-0.1, -0.05) is 48.5 Å². The van der Waals surface area contributed by atoms with Crippen molar-refractivity contribution >= 4 is 33.4 Å². The number of para-hydroxylation sites is 1. The number of nitrogens with zero attached hydrogens (tertiary/aromatic N) is 3. The smallest absolute Gasteiger partial charge is 0.348 e. The standard InChI is InChI=1S/C27H27N3O3S/c1-19-23-17-24(34-26(23)30(28-19)22-10-6-3-7-11-22)27(32)33-18-25(31)29-14-12-21(13-15-29)16-20-8-4-2-5-9-20/h2-11,17,21H,12-16,18H2,1H3. The number of hydrogen-bond donors (Lipinski definition) is 0. The SMILES string of the molecule is Cc1nn(-c2ccccc2)c2sc(C(=O)OCC(=O)N3CCC(Cc4ccccc4)CC3)cc12. The lowest BCUT2D eigenvalue weighted by Gasteiger charge is -2.32. The number of ether oxygens (including phenoxy) is 1. The zero-order valence-electron chi connectivity index (χ0n) is 19.1. The molecule has 174 valence electrons. The number of esters is 1. The van der Waals surface area contributed by atoms with E-state index in [4.69, 9.17) is 4.74 Å². The number of benzene rings is 2. The molecule has 1 aliphatic rings. The van der Waals surface area contributed by atoms with E-state index in [0.29, 0.717) is 23.9 Å². The van der Waals surface area contributed by atoms with Crippen molar-refractivity contribution in [2.75, 3.05) is 19.7 Å². The molecule has 3 heterocycles. The van der Waals surface area contributed by atoms with Gasteiger partial charge in [-0.25, -0.2) is 9.48 Å². The minimum Gasteiger partial charge on any atom is -0.451 e. The number of rotatable bonds is 6. The first-order valence-electron chi connectivity index (χ1n) is 11.6. The number of hydrogen-bond acceptors (Lipinski definition) is 5. The van der Waals surface area contributed by atoms with Gasteiger partial charge in [0, 0.05) is 18.5 Å². The van der Waals surface area contributed by atoms with Crippen molar-refractivity contribution in [3.05, 3.63) is 82.9 Å². The monoisotopic (exact) mass is 473 g/mol. The van der Waals surface area contributed by atoms with E-state index in [9.17, 15) is 9.59 Å². The lowest BCUT2D eigenvalue weighted by atomic mass is 9.90. The van der Waals surface area contributed by atoms with Crippen LogP contribution in [0.1, 0.15) is 33.8 Å². The van der Waals surface area contributed by atoms with Crippen LogP contribution in [0, 0.1) is 12.8 Å². The van der Waals surface area contributed by atoms with E-state index >= 15 is 0 Å². The van der Waals surface area contributed by atoms with E-state index in [2.05, 4.69) is 29.4 Å². The quantitative estimate of drug-likeness (QED) is 0.368. The molecule has 0 aliphatic carbocycles. The Hall–Kier alpha value is -3.45. The van der Waals surface area contributed by atoms with Crippen molar-refractivity contribution in [1.29, 1.82) is 0 Å². The van der Waals surface area contributed by atoms with Crippen LogP contribution in [0.5, 0.6) is 0 Å². The number of amides is 1. The van der Waals surface area contributed by atoms with Crippen molar-refractivity contribution < 1.29 is 14.3 Å². The first-order valence-corrected chi connectivity index (χ1v) is 12.4. The highest BCUT2D eigenvalue weighted by Gasteiger charge is 2.24. The molecule has 0 spiro atoms. The number of piperidine rings is 1. The van der Waals surface area contributed by atoms with Crippen molar-refractivity contribution in [3.63, 3.8) is 0 Å². The number of aryl methyl sites for hydroxylation is 1. The number of thiophene rings is 1. The maximum Gasteiger partial charge on any atom is 0.348 e. The Kier molecular flexibility index (Phi) is 6.45. The Bertz CT molecular complexity index is 1290. The number of fused-ring (bicyclic) bond motifs is 1. The minimum absolute atomic E-state index is 0.126. The summed E-state index contributed by atoms with van der Waals surface area (Å²) in [6, 6.07) is 22.1. The second-order valence-corrected chi connectivity index (χ2v) is 9.78. The van der Waals surface area contributed by atoms with E-state index in [1.165, 1.54) is 16.9 Å². The second kappa shape index (κ2) is 9.81. The number of carbonyl (C=O) groups excluding carboxylic acids is 2. The molecule has 1 fully saturated rings. The minimum atomic E-state index is -0.465. The lowest BCUT2D eigenvalue weighted by Crippen LogP contribution is -2.41. The molecule has 0 radical (unpaired) electrons. The van der Waals surface area contributed by atoms with Gasteiger partial charge in [0.1, 0.15) is 9.71 Å². The molecule has 1 saturated heterocycles. The molecule has 0 saturated carbocycles. The number of likely N-dealkylation sites (tertiary alicyclic amines) is 1. The van der Waals surface area contributed by atoms with Gasteiger partial charge in [0.2, 0.25) is 0 Å². The van der Waals surface area contributed by atoms with Gasteiger partial charge in [0.25, 0.3) is 5.91 Å². The van der Waals surface area contributed by atoms with Crippen LogP contribution < -0.4 is 0 Å². The molecule has 1 amide bonds. The van der Waals surface area contributed by atoms with Crippen LogP contribution in [-0.2, 0) is 16.0 Å². The molecule has 4 aromatic rings. The Morgan fingerprint density at radius 1 is 1.03 bits per heavy atom. The fourth-order valence-corrected chi connectivity index (χ4v) is 5.59. The van der Waals surface area contributed by atoms with Gasteiger partial charge in [-0.2, -0.15) is 5.10 Å². The number of carbonyl (C=O) groups is 2. The molecule has 0 atom stereocenters. The predicted molar refractivity (Wildman–Crippen MR) is 133 cm³/mol. The van der Waals surface area contributed by atoms with Crippen LogP contribution in [-0.4, -0.2) is 46.3 Å². The summed E-state index contributed by atoms with van der Waals surface area (Å²) < 4.78 is 7.24. The summed E-state index contributed by atoms with van der Waals surface area (Å²) in [4.78, 5) is 28.5. The van der Waals surface area contributed by atoms with Crippen LogP contribution in [0.15, 0.2) is 66.7 Å². The summed E-state index contributed by atoms with van der Waals surface area (Å²) in [6.07, 6.45) is 2.99. The van der Waals surface area contributed by atoms with Gasteiger partial charge < -0.3 is 9.64 Å². The van der Waals surface area contributed by atoms with Crippen molar-refractivity contribution in [3.8, 4) is 5.69 Å². The third kappa shape index (κ3) is 4.75. The Balaban J connectivity index is 1.17. The normalized spacial score (nSPS) is 14.4. The number of aromatic nitrogens is 2. The van der Waals surface area contributed by atoms with Crippen molar-refractivity contribution in [2.24, 2.45) is 5.92 Å². The molecular weight excluding hydrogens is 446 g/mol. The first kappa shape index (κ1) is 22.3. The van der Waals surface area contributed by atoms with Gasteiger partial charge in [0.15, 0.2) is 6.61 Å². The fourth-order valence-electron chi connectivity index (χ4n) is 4.52. The zero-order valence-corrected chi connectivity index (χ0v) is 20.0. The molecule has 0 N–H and O–H groups in total. The average Bonchev–Trinajstić information content (AvgIpc) is 3.44. The Morgan fingerprint density at radius 2 is 1.71 bits per heavy atom. The Labute approximate surface area is 202 Å². The molecule has 2 aromatic carbocycles. The summed E-state index contributed by atoms with van der Waals surface area (Å²) >= 11 is 1.34. The highest BCUT2D eigenvalue weighted by molar-refractivity contribution is 7.20. The van der Waals surface area contributed by atoms with Gasteiger partial charge in [0.05, 0.1) is 11.4 Å². The molecule has 7 heteroatoms. The van der Waals surface area contributed by atoms with E-state index in [1.54, 1.807) is 0 Å². The van der Waals surface area contributed by atoms with Crippen molar-refractivity contribution in [1.82, 2.24) is 14.7 Å². The largest absolute Gasteiger partial charge is 0.451 e. The van der Waals surface area contributed by atoms with E-state index in [0.717, 1.165) is 40.9 Å². The third-order valence-electron chi connectivity index (χ3n) is 6.41. The molecular formula is C27H27N3O3S. The van der Waals surface area contributed by atoms with Crippen molar-refractivity contribution in [2.45, 2.75) is 26.2 Å². The van der Waals surface area contributed by atoms with E-state index < -0.39 is 5.97 Å². The average molecular weight is 474 g/mol. The Morgan fingerprint density at radius 3 is 2.41 bits per heavy atom. The van der Waals surface area contributed by atoms with Crippen LogP contribution in [0.3, 0.4) is 0 Å². The summed E-state index contributed by atoms with van der Waals surface area (Å²) in [6.45, 7) is 3.13. The highest BCUT2D eigenvalue weighted by Crippen LogP contribution is 2.31. The lowest BCUT2D eigenvalue weighted by molar-refractivity contribution is -0.135. The predicted octanol–water partition coefficient (Wildman–Crippen LogP) is 5.03.